The number of methoxy groups -OCH3 is 2. The van der Waals surface area contributed by atoms with Gasteiger partial charge in [-0.15, -0.1) is 0 Å². The van der Waals surface area contributed by atoms with Gasteiger partial charge in [0.05, 0.1) is 20.8 Å². The van der Waals surface area contributed by atoms with Crippen LogP contribution in [-0.2, 0) is 4.74 Å². The molecule has 1 atom stereocenters. The third-order valence-corrected chi connectivity index (χ3v) is 2.95. The molecule has 0 saturated carbocycles. The Balaban J connectivity index is 2.26. The number of nitrogens with one attached hydrogen (secondary N) is 2. The van der Waals surface area contributed by atoms with Crippen LogP contribution in [-0.4, -0.2) is 44.5 Å². The van der Waals surface area contributed by atoms with Crippen LogP contribution in [0.25, 0.3) is 0 Å². The summed E-state index contributed by atoms with van der Waals surface area (Å²) in [5.41, 5.74) is 0.709. The van der Waals surface area contributed by atoms with Gasteiger partial charge in [-0.1, -0.05) is 0 Å². The zero-order valence-corrected chi connectivity index (χ0v) is 11.6. The highest BCUT2D eigenvalue weighted by Crippen LogP contribution is 2.40. The van der Waals surface area contributed by atoms with Crippen LogP contribution in [0.5, 0.6) is 11.5 Å². The summed E-state index contributed by atoms with van der Waals surface area (Å²) in [6.45, 7) is -0.0786. The molecule has 21 heavy (non-hydrogen) atoms. The minimum absolute atomic E-state index is 0.102. The summed E-state index contributed by atoms with van der Waals surface area (Å²) in [5, 5.41) is 13.5. The van der Waals surface area contributed by atoms with E-state index in [0.717, 1.165) is 0 Å². The molecule has 0 radical (unpaired) electrons. The zero-order valence-electron chi connectivity index (χ0n) is 11.6. The number of aliphatic hydroxyl groups is 1. The van der Waals surface area contributed by atoms with E-state index in [4.69, 9.17) is 19.3 Å². The van der Waals surface area contributed by atoms with Gasteiger partial charge < -0.3 is 24.6 Å². The number of carbonyl (C=O) groups excluding carboxylic acids is 2. The van der Waals surface area contributed by atoms with E-state index in [1.54, 1.807) is 12.1 Å². The predicted molar refractivity (Wildman–Crippen MR) is 71.3 cm³/mol. The van der Waals surface area contributed by atoms with Crippen molar-refractivity contribution in [3.63, 3.8) is 0 Å². The van der Waals surface area contributed by atoms with Crippen LogP contribution in [0.2, 0.25) is 0 Å². The van der Waals surface area contributed by atoms with Crippen molar-refractivity contribution >= 4 is 12.0 Å². The first-order chi connectivity index (χ1) is 10.1. The van der Waals surface area contributed by atoms with Crippen molar-refractivity contribution < 1.29 is 28.9 Å². The molecule has 8 nitrogen and oxygen atoms in total. The van der Waals surface area contributed by atoms with Gasteiger partial charge in [0, 0.05) is 12.1 Å². The molecule has 1 unspecified atom stereocenters. The Hall–Kier alpha value is -2.48. The lowest BCUT2D eigenvalue weighted by molar-refractivity contribution is 0.0335. The van der Waals surface area contributed by atoms with Crippen LogP contribution in [0, 0.1) is 0 Å². The fraction of sp³-hybridized carbons (Fsp3) is 0.385. The fourth-order valence-corrected chi connectivity index (χ4v) is 2.05. The summed E-state index contributed by atoms with van der Waals surface area (Å²) < 4.78 is 15.4. The summed E-state index contributed by atoms with van der Waals surface area (Å²) in [4.78, 5) is 23.5. The molecule has 1 aromatic carbocycles. The molecule has 0 bridgehead atoms. The van der Waals surface area contributed by atoms with Crippen molar-refractivity contribution in [2.45, 2.75) is 6.23 Å². The number of fused-ring (bicyclic) bond motifs is 1. The van der Waals surface area contributed by atoms with Crippen molar-refractivity contribution in [3.8, 4) is 11.5 Å². The monoisotopic (exact) mass is 296 g/mol. The molecule has 0 spiro atoms. The van der Waals surface area contributed by atoms with Crippen LogP contribution in [0.1, 0.15) is 22.1 Å². The Morgan fingerprint density at radius 3 is 2.76 bits per heavy atom. The van der Waals surface area contributed by atoms with E-state index in [2.05, 4.69) is 10.6 Å². The second kappa shape index (κ2) is 6.31. The Bertz CT molecular complexity index is 560. The number of hydrogen-bond acceptors (Lipinski definition) is 6. The quantitative estimate of drug-likeness (QED) is 0.669. The number of rotatable bonds is 5. The van der Waals surface area contributed by atoms with Gasteiger partial charge in [0.15, 0.2) is 11.5 Å². The van der Waals surface area contributed by atoms with Crippen molar-refractivity contribution in [2.24, 2.45) is 0 Å². The first-order valence-electron chi connectivity index (χ1n) is 6.23. The van der Waals surface area contributed by atoms with Gasteiger partial charge in [-0.25, -0.2) is 9.59 Å². The summed E-state index contributed by atoms with van der Waals surface area (Å²) in [6.07, 6.45) is -0.911. The van der Waals surface area contributed by atoms with Crippen molar-refractivity contribution in [2.75, 3.05) is 27.4 Å². The Morgan fingerprint density at radius 2 is 2.14 bits per heavy atom. The third-order valence-electron chi connectivity index (χ3n) is 2.95. The van der Waals surface area contributed by atoms with Crippen LogP contribution < -0.4 is 20.1 Å². The average molecular weight is 296 g/mol. The Kier molecular flexibility index (Phi) is 4.49. The van der Waals surface area contributed by atoms with Crippen LogP contribution in [0.4, 0.5) is 4.79 Å². The number of ether oxygens (including phenoxy) is 3. The number of cyclic esters (lactones) is 1. The van der Waals surface area contributed by atoms with Crippen molar-refractivity contribution in [1.82, 2.24) is 10.6 Å². The van der Waals surface area contributed by atoms with Gasteiger partial charge in [0.2, 0.25) is 6.23 Å². The summed E-state index contributed by atoms with van der Waals surface area (Å²) in [6, 6.07) is 2.70. The topological polar surface area (TPSA) is 106 Å². The van der Waals surface area contributed by atoms with Gasteiger partial charge in [0.1, 0.15) is 5.56 Å². The maximum absolute atomic E-state index is 11.9. The third kappa shape index (κ3) is 2.84. The molecule has 2 rings (SSSR count). The van der Waals surface area contributed by atoms with E-state index in [-0.39, 0.29) is 24.5 Å². The standard InChI is InChI=1S/C13H16N2O6/c1-19-8-4-3-7-9(10(8)20-2)12(17)21-11(7)15-13(18)14-5-6-16/h3-4,11,16H,5-6H2,1-2H3,(H2,14,15,18). The molecule has 0 fully saturated rings. The lowest BCUT2D eigenvalue weighted by Gasteiger charge is -2.14. The number of hydrogen-bond donors (Lipinski definition) is 3. The summed E-state index contributed by atoms with van der Waals surface area (Å²) >= 11 is 0. The SMILES string of the molecule is COc1ccc2c(c1OC)C(=O)OC2NC(=O)NCCO. The van der Waals surface area contributed by atoms with Gasteiger partial charge in [-0.05, 0) is 12.1 Å². The molecule has 3 N–H and O–H groups in total. The summed E-state index contributed by atoms with van der Waals surface area (Å²) in [5.74, 6) is 0.0619. The largest absolute Gasteiger partial charge is 0.493 e. The van der Waals surface area contributed by atoms with E-state index < -0.39 is 18.2 Å². The second-order valence-corrected chi connectivity index (χ2v) is 4.17. The number of aliphatic hydroxyl groups excluding tert-OH is 1. The molecule has 8 heteroatoms. The van der Waals surface area contributed by atoms with Crippen molar-refractivity contribution in [3.05, 3.63) is 23.3 Å². The first kappa shape index (κ1) is 14.9. The van der Waals surface area contributed by atoms with Gasteiger partial charge in [0.25, 0.3) is 0 Å². The summed E-state index contributed by atoms with van der Waals surface area (Å²) in [7, 11) is 2.88. The minimum Gasteiger partial charge on any atom is -0.493 e. The molecule has 0 saturated heterocycles. The average Bonchev–Trinajstić information content (AvgIpc) is 2.80. The van der Waals surface area contributed by atoms with Crippen LogP contribution in [0.15, 0.2) is 12.1 Å². The highest BCUT2D eigenvalue weighted by Gasteiger charge is 2.36. The number of esters is 1. The highest BCUT2D eigenvalue weighted by atomic mass is 16.6. The van der Waals surface area contributed by atoms with Gasteiger partial charge >= 0.3 is 12.0 Å². The highest BCUT2D eigenvalue weighted by molar-refractivity contribution is 5.98. The molecular formula is C13H16N2O6. The molecular weight excluding hydrogens is 280 g/mol. The van der Waals surface area contributed by atoms with E-state index >= 15 is 0 Å². The molecule has 114 valence electrons. The van der Waals surface area contributed by atoms with E-state index in [9.17, 15) is 9.59 Å². The fourth-order valence-electron chi connectivity index (χ4n) is 2.05. The minimum atomic E-state index is -0.911. The molecule has 1 aromatic rings. The van der Waals surface area contributed by atoms with Gasteiger partial charge in [-0.3, -0.25) is 5.32 Å². The lowest BCUT2D eigenvalue weighted by atomic mass is 10.1. The van der Waals surface area contributed by atoms with Crippen molar-refractivity contribution in [1.29, 1.82) is 0 Å². The molecule has 1 aliphatic rings. The van der Waals surface area contributed by atoms with E-state index in [1.165, 1.54) is 14.2 Å². The van der Waals surface area contributed by atoms with Crippen LogP contribution in [0.3, 0.4) is 0 Å². The van der Waals surface area contributed by atoms with Crippen LogP contribution >= 0.6 is 0 Å². The molecule has 0 aromatic heterocycles. The van der Waals surface area contributed by atoms with Gasteiger partial charge in [-0.2, -0.15) is 0 Å². The number of urea groups is 1. The molecule has 0 aliphatic carbocycles. The maximum atomic E-state index is 11.9. The smallest absolute Gasteiger partial charge is 0.344 e. The molecule has 1 heterocycles. The predicted octanol–water partition coefficient (Wildman–Crippen LogP) is 0.164. The first-order valence-corrected chi connectivity index (χ1v) is 6.23. The maximum Gasteiger partial charge on any atom is 0.344 e. The number of carbonyl (C=O) groups is 2. The molecule has 1 aliphatic heterocycles. The van der Waals surface area contributed by atoms with E-state index in [0.29, 0.717) is 11.3 Å². The Morgan fingerprint density at radius 1 is 1.38 bits per heavy atom. The lowest BCUT2D eigenvalue weighted by Crippen LogP contribution is -2.39. The zero-order chi connectivity index (χ0) is 15.4. The second-order valence-electron chi connectivity index (χ2n) is 4.17. The number of amides is 2. The Labute approximate surface area is 121 Å². The normalized spacial score (nSPS) is 16.0. The number of benzene rings is 1. The van der Waals surface area contributed by atoms with E-state index in [1.807, 2.05) is 0 Å². The molecule has 2 amide bonds.